The Bertz CT molecular complexity index is 1120. The molecule has 0 saturated carbocycles. The van der Waals surface area contributed by atoms with Crippen LogP contribution in [0.5, 0.6) is 5.75 Å². The third kappa shape index (κ3) is 8.90. The average Bonchev–Trinajstić information content (AvgIpc) is 2.96. The Hall–Kier alpha value is -3.74. The number of unbranched alkanes of at least 4 members (excludes halogenated alkanes) is 1. The lowest BCUT2D eigenvalue weighted by molar-refractivity contribution is -0.229. The molecule has 1 aromatic heterocycles. The number of aryl methyl sites for hydroxylation is 1. The molecule has 0 N–H and O–H groups in total. The molecule has 0 aliphatic heterocycles. The number of hydrogen-bond acceptors (Lipinski definition) is 11. The number of ether oxygens (including phenoxy) is 7. The van der Waals surface area contributed by atoms with Gasteiger partial charge >= 0.3 is 17.9 Å². The van der Waals surface area contributed by atoms with Crippen LogP contribution in [0.2, 0.25) is 0 Å². The van der Waals surface area contributed by atoms with E-state index in [9.17, 15) is 14.4 Å². The van der Waals surface area contributed by atoms with Gasteiger partial charge in [-0.1, -0.05) is 12.2 Å². The zero-order valence-corrected chi connectivity index (χ0v) is 23.9. The first-order valence-electron chi connectivity index (χ1n) is 12.3. The van der Waals surface area contributed by atoms with E-state index in [0.717, 1.165) is 0 Å². The largest absolute Gasteiger partial charge is 0.457 e. The highest BCUT2D eigenvalue weighted by atomic mass is 16.7. The van der Waals surface area contributed by atoms with E-state index in [1.807, 2.05) is 19.1 Å². The van der Waals surface area contributed by atoms with Gasteiger partial charge in [-0.05, 0) is 26.7 Å². The molecule has 0 radical (unpaired) electrons. The Morgan fingerprint density at radius 3 is 1.93 bits per heavy atom. The molecule has 0 aromatic carbocycles. The Labute approximate surface area is 235 Å². The van der Waals surface area contributed by atoms with Crippen LogP contribution < -0.4 is 4.74 Å². The number of carbonyl (C=O) groups is 3. The molecule has 0 atom stereocenters. The van der Waals surface area contributed by atoms with Gasteiger partial charge in [-0.25, -0.2) is 9.59 Å². The van der Waals surface area contributed by atoms with Crippen molar-refractivity contribution in [2.75, 3.05) is 28.4 Å². The second-order valence-corrected chi connectivity index (χ2v) is 8.35. The quantitative estimate of drug-likeness (QED) is 0.0918. The maximum atomic E-state index is 12.9. The number of rotatable bonds is 17. The number of esters is 3. The van der Waals surface area contributed by atoms with Crippen LogP contribution in [0.3, 0.4) is 0 Å². The minimum absolute atomic E-state index is 0.0585. The lowest BCUT2D eigenvalue weighted by Gasteiger charge is -2.27. The summed E-state index contributed by atoms with van der Waals surface area (Å²) in [5.74, 6) is -1.31. The molecule has 0 spiro atoms. The van der Waals surface area contributed by atoms with Gasteiger partial charge in [-0.2, -0.15) is 0 Å². The van der Waals surface area contributed by atoms with E-state index in [0.29, 0.717) is 18.5 Å². The number of methoxy groups -OCH3 is 4. The highest BCUT2D eigenvalue weighted by molar-refractivity contribution is 5.79. The van der Waals surface area contributed by atoms with Crippen LogP contribution in [0, 0.1) is 31.6 Å². The first kappa shape index (κ1) is 34.3. The molecule has 0 bridgehead atoms. The van der Waals surface area contributed by atoms with E-state index < -0.39 is 36.1 Å². The van der Waals surface area contributed by atoms with Gasteiger partial charge in [0.15, 0.2) is 5.75 Å². The van der Waals surface area contributed by atoms with Crippen molar-refractivity contribution in [3.8, 4) is 30.4 Å². The molecule has 0 amide bonds. The third-order valence-electron chi connectivity index (χ3n) is 5.92. The molecule has 40 heavy (non-hydrogen) atoms. The average molecular weight is 560 g/mol. The topological polar surface area (TPSA) is 129 Å². The van der Waals surface area contributed by atoms with Gasteiger partial charge in [0, 0.05) is 52.2 Å². The van der Waals surface area contributed by atoms with Gasteiger partial charge in [-0.15, -0.1) is 24.7 Å². The third-order valence-corrected chi connectivity index (χ3v) is 5.92. The smallest absolute Gasteiger partial charge is 0.368 e. The van der Waals surface area contributed by atoms with Crippen molar-refractivity contribution in [3.63, 3.8) is 0 Å². The molecular formula is C29H37NO10. The SMILES string of the molecule is C#CCC(OC)(OC)C(=O)OCc1cnc(C)c(OC(=O)CCC/C=C\C)c1COC(=O)C(CC#C)(OC)OC. The van der Waals surface area contributed by atoms with Gasteiger partial charge in [0.05, 0.1) is 18.5 Å². The molecule has 0 unspecified atom stereocenters. The van der Waals surface area contributed by atoms with Crippen molar-refractivity contribution in [3.05, 3.63) is 35.2 Å². The molecular weight excluding hydrogens is 522 g/mol. The molecule has 218 valence electrons. The van der Waals surface area contributed by atoms with Crippen molar-refractivity contribution in [2.45, 2.75) is 70.7 Å². The first-order valence-corrected chi connectivity index (χ1v) is 12.3. The number of hydrogen-bond donors (Lipinski definition) is 0. The van der Waals surface area contributed by atoms with Crippen molar-refractivity contribution in [1.29, 1.82) is 0 Å². The lowest BCUT2D eigenvalue weighted by atomic mass is 10.1. The van der Waals surface area contributed by atoms with Crippen molar-refractivity contribution in [2.24, 2.45) is 0 Å². The van der Waals surface area contributed by atoms with Crippen molar-refractivity contribution in [1.82, 2.24) is 4.98 Å². The number of pyridine rings is 1. The summed E-state index contributed by atoms with van der Waals surface area (Å²) in [5.41, 5.74) is 0.851. The van der Waals surface area contributed by atoms with Crippen LogP contribution in [-0.4, -0.2) is 62.9 Å². The molecule has 1 heterocycles. The fourth-order valence-corrected chi connectivity index (χ4v) is 3.49. The second-order valence-electron chi connectivity index (χ2n) is 8.35. The second kappa shape index (κ2) is 17.1. The van der Waals surface area contributed by atoms with Crippen LogP contribution in [-0.2, 0) is 56.0 Å². The maximum Gasteiger partial charge on any atom is 0.368 e. The normalized spacial score (nSPS) is 11.5. The molecule has 0 aliphatic rings. The van der Waals surface area contributed by atoms with E-state index >= 15 is 0 Å². The predicted molar refractivity (Wildman–Crippen MR) is 143 cm³/mol. The van der Waals surface area contributed by atoms with Crippen LogP contribution in [0.1, 0.15) is 55.8 Å². The van der Waals surface area contributed by atoms with Crippen LogP contribution >= 0.6 is 0 Å². The summed E-state index contributed by atoms with van der Waals surface area (Å²) in [7, 11) is 5.00. The Kier molecular flexibility index (Phi) is 14.6. The van der Waals surface area contributed by atoms with E-state index in [1.54, 1.807) is 6.92 Å². The summed E-state index contributed by atoms with van der Waals surface area (Å²) in [6.45, 7) is 2.72. The summed E-state index contributed by atoms with van der Waals surface area (Å²) < 4.78 is 37.3. The maximum absolute atomic E-state index is 12.9. The molecule has 11 nitrogen and oxygen atoms in total. The van der Waals surface area contributed by atoms with E-state index in [2.05, 4.69) is 16.8 Å². The Morgan fingerprint density at radius 1 is 0.925 bits per heavy atom. The fourth-order valence-electron chi connectivity index (χ4n) is 3.49. The van der Waals surface area contributed by atoms with Crippen molar-refractivity contribution < 1.29 is 47.5 Å². The summed E-state index contributed by atoms with van der Waals surface area (Å²) in [4.78, 5) is 42.7. The number of terminal acetylenes is 2. The minimum atomic E-state index is -1.85. The van der Waals surface area contributed by atoms with Gasteiger partial charge in [0.25, 0.3) is 11.6 Å². The minimum Gasteiger partial charge on any atom is -0.457 e. The molecule has 0 saturated heterocycles. The summed E-state index contributed by atoms with van der Waals surface area (Å²) in [5, 5.41) is 0. The fraction of sp³-hybridized carbons (Fsp3) is 0.517. The highest BCUT2D eigenvalue weighted by Gasteiger charge is 2.42. The zero-order chi connectivity index (χ0) is 30.2. The number of allylic oxidation sites excluding steroid dienone is 2. The highest BCUT2D eigenvalue weighted by Crippen LogP contribution is 2.29. The van der Waals surface area contributed by atoms with E-state index in [4.69, 9.17) is 46.0 Å². The van der Waals surface area contributed by atoms with Gasteiger partial charge < -0.3 is 33.2 Å². The Morgan fingerprint density at radius 2 is 1.45 bits per heavy atom. The van der Waals surface area contributed by atoms with Crippen LogP contribution in [0.25, 0.3) is 0 Å². The van der Waals surface area contributed by atoms with Gasteiger partial charge in [0.2, 0.25) is 0 Å². The molecule has 1 rings (SSSR count). The van der Waals surface area contributed by atoms with Gasteiger partial charge in [-0.3, -0.25) is 9.78 Å². The standard InChI is InChI=1S/C29H37NO10/c1-9-12-13-14-15-24(31)40-25-21(4)30-18-22(19-38-26(32)28(34-5,35-6)16-10-2)23(25)20-39-27(33)29(36-7,37-8)17-11-3/h2-3,9,12,18H,13-17,19-20H2,1,4-8H3/b12-9-. The summed E-state index contributed by atoms with van der Waals surface area (Å²) in [6.07, 6.45) is 16.9. The summed E-state index contributed by atoms with van der Waals surface area (Å²) in [6, 6.07) is 0. The first-order chi connectivity index (χ1) is 19.1. The molecule has 11 heteroatoms. The summed E-state index contributed by atoms with van der Waals surface area (Å²) >= 11 is 0. The number of carbonyl (C=O) groups excluding carboxylic acids is 3. The number of aromatic nitrogens is 1. The predicted octanol–water partition coefficient (Wildman–Crippen LogP) is 3.15. The molecule has 1 aromatic rings. The zero-order valence-electron chi connectivity index (χ0n) is 23.9. The van der Waals surface area contributed by atoms with Crippen molar-refractivity contribution >= 4 is 17.9 Å². The number of nitrogens with zero attached hydrogens (tertiary/aromatic N) is 1. The molecule has 0 fully saturated rings. The van der Waals surface area contributed by atoms with E-state index in [1.165, 1.54) is 34.6 Å². The van der Waals surface area contributed by atoms with Crippen LogP contribution in [0.15, 0.2) is 18.3 Å². The monoisotopic (exact) mass is 559 g/mol. The lowest BCUT2D eigenvalue weighted by Crippen LogP contribution is -2.44. The van der Waals surface area contributed by atoms with Crippen LogP contribution in [0.4, 0.5) is 0 Å². The van der Waals surface area contributed by atoms with E-state index in [-0.39, 0.29) is 42.7 Å². The molecule has 0 aliphatic carbocycles. The Balaban J connectivity index is 3.38. The van der Waals surface area contributed by atoms with Gasteiger partial charge in [0.1, 0.15) is 13.2 Å².